The molecule has 0 heterocycles. The highest BCUT2D eigenvalue weighted by molar-refractivity contribution is 5.71. The van der Waals surface area contributed by atoms with Crippen LogP contribution in [-0.4, -0.2) is 87.4 Å². The summed E-state index contributed by atoms with van der Waals surface area (Å²) >= 11 is 0. The molecule has 0 aliphatic heterocycles. The second-order valence-corrected chi connectivity index (χ2v) is 23.7. The van der Waals surface area contributed by atoms with Gasteiger partial charge in [0.05, 0.1) is 34.4 Å². The average Bonchev–Trinajstić information content (AvgIpc) is 3.64. The Labute approximate surface area is 545 Å². The Morgan fingerprint density at radius 2 is 0.640 bits per heavy atom. The topological polar surface area (TPSA) is 108 Å². The number of likely N-dealkylation sites (N-methyl/N-ethyl adjacent to an activating group) is 1. The molecule has 0 aromatic rings. The molecule has 0 spiro atoms. The number of rotatable bonds is 62. The van der Waals surface area contributed by atoms with Crippen LogP contribution in [0.2, 0.25) is 0 Å². The first-order valence-corrected chi connectivity index (χ1v) is 34.9. The lowest BCUT2D eigenvalue weighted by Crippen LogP contribution is -2.40. The number of carboxylic acid groups (broad SMARTS) is 1. The van der Waals surface area contributed by atoms with Crippen molar-refractivity contribution in [3.8, 4) is 0 Å². The molecule has 0 aromatic carbocycles. The van der Waals surface area contributed by atoms with Gasteiger partial charge in [-0.15, -0.1) is 0 Å². The molecule has 0 aromatic heterocycles. The third-order valence-corrected chi connectivity index (χ3v) is 14.1. The van der Waals surface area contributed by atoms with Crippen LogP contribution in [0.1, 0.15) is 245 Å². The van der Waals surface area contributed by atoms with Crippen LogP contribution in [0.15, 0.2) is 182 Å². The number of ether oxygens (including phenoxy) is 4. The fraction of sp³-hybridized carbons (Fsp3) is 0.588. The Balaban J connectivity index is 4.30. The van der Waals surface area contributed by atoms with Gasteiger partial charge in [-0.3, -0.25) is 9.59 Å². The third-order valence-electron chi connectivity index (χ3n) is 14.1. The largest absolute Gasteiger partial charge is 0.477 e. The van der Waals surface area contributed by atoms with Gasteiger partial charge in [0.2, 0.25) is 0 Å². The zero-order valence-corrected chi connectivity index (χ0v) is 57.0. The van der Waals surface area contributed by atoms with E-state index in [0.29, 0.717) is 17.4 Å². The lowest BCUT2D eigenvalue weighted by Gasteiger charge is -2.25. The van der Waals surface area contributed by atoms with Crippen molar-refractivity contribution in [3.05, 3.63) is 182 Å². The minimum atomic E-state index is -1.54. The summed E-state index contributed by atoms with van der Waals surface area (Å²) in [6.45, 7) is 4.68. The molecule has 0 amide bonds. The van der Waals surface area contributed by atoms with E-state index in [-0.39, 0.29) is 38.6 Å². The first kappa shape index (κ1) is 83.4. The third kappa shape index (κ3) is 69.7. The maximum absolute atomic E-state index is 12.9. The lowest BCUT2D eigenvalue weighted by atomic mass is 10.1. The minimum absolute atomic E-state index is 0.168. The number of nitrogens with zero attached hydrogens (tertiary/aromatic N) is 1. The highest BCUT2D eigenvalue weighted by Gasteiger charge is 2.25. The molecule has 500 valence electrons. The highest BCUT2D eigenvalue weighted by atomic mass is 16.7. The monoisotopic (exact) mass is 1230 g/mol. The van der Waals surface area contributed by atoms with E-state index in [9.17, 15) is 19.5 Å². The van der Waals surface area contributed by atoms with Gasteiger partial charge in [-0.25, -0.2) is 4.79 Å². The molecule has 0 saturated heterocycles. The lowest BCUT2D eigenvalue weighted by molar-refractivity contribution is -0.870. The Kier molecular flexibility index (Phi) is 64.0. The van der Waals surface area contributed by atoms with E-state index in [1.54, 1.807) is 0 Å². The standard InChI is InChI=1S/C80H127NO8/c1-6-8-10-12-14-16-18-20-22-24-26-28-30-32-33-34-35-36-37-38-39-40-41-42-43-44-45-47-49-51-53-55-57-59-61-63-65-67-69-71-78(83)89-76(75-88-80(79(84)85)86-73-72-81(3,4)5)74-87-77(82)70-68-66-64-62-60-58-56-54-52-50-48-46-31-29-27-25-23-21-19-17-15-13-11-9-7-2/h8,10,14,16,19-22,25-28,31-33,35-36,38-39,41-42,44-46,49,51,55,57,61,63,76,80H,6-7,9,11-13,15,17-18,23-24,29-30,34,37,40,43,47-48,50,52-54,56,58-60,62,64-75H2,1-5H3/p+1/b10-8-,16-14-,21-19-,22-20-,27-25-,28-26-,33-32-,36-35-,39-38-,42-41-,45-44-,46-31-,51-49-,57-55-,63-61-. The summed E-state index contributed by atoms with van der Waals surface area (Å²) < 4.78 is 22.9. The molecular weight excluding hydrogens is 1100 g/mol. The fourth-order valence-corrected chi connectivity index (χ4v) is 8.82. The fourth-order valence-electron chi connectivity index (χ4n) is 8.82. The maximum atomic E-state index is 12.9. The molecule has 0 radical (unpaired) electrons. The molecule has 0 aliphatic rings. The predicted octanol–water partition coefficient (Wildman–Crippen LogP) is 22.0. The number of carboxylic acids is 1. The van der Waals surface area contributed by atoms with Crippen LogP contribution in [0.4, 0.5) is 0 Å². The number of carbonyl (C=O) groups is 3. The van der Waals surface area contributed by atoms with Crippen LogP contribution in [0.3, 0.4) is 0 Å². The van der Waals surface area contributed by atoms with Crippen LogP contribution in [0.25, 0.3) is 0 Å². The van der Waals surface area contributed by atoms with Crippen LogP contribution < -0.4 is 0 Å². The van der Waals surface area contributed by atoms with E-state index in [0.717, 1.165) is 135 Å². The number of esters is 2. The molecule has 1 N–H and O–H groups in total. The summed E-state index contributed by atoms with van der Waals surface area (Å²) in [5, 5.41) is 9.74. The number of carbonyl (C=O) groups excluding carboxylic acids is 2. The number of quaternary nitrogens is 1. The molecule has 0 aliphatic carbocycles. The van der Waals surface area contributed by atoms with Gasteiger partial charge < -0.3 is 28.5 Å². The Bertz CT molecular complexity index is 2120. The van der Waals surface area contributed by atoms with E-state index < -0.39 is 24.3 Å². The summed E-state index contributed by atoms with van der Waals surface area (Å²) in [7, 11) is 5.94. The molecule has 0 bridgehead atoms. The van der Waals surface area contributed by atoms with Crippen LogP contribution >= 0.6 is 0 Å². The van der Waals surface area contributed by atoms with Crippen molar-refractivity contribution in [2.24, 2.45) is 0 Å². The molecular formula is C80H128NO8+. The summed E-state index contributed by atoms with van der Waals surface area (Å²) in [6.07, 6.45) is 101. The van der Waals surface area contributed by atoms with Crippen molar-refractivity contribution < 1.29 is 42.9 Å². The summed E-state index contributed by atoms with van der Waals surface area (Å²) in [5.74, 6) is -2.09. The summed E-state index contributed by atoms with van der Waals surface area (Å²) in [6, 6.07) is 0. The highest BCUT2D eigenvalue weighted by Crippen LogP contribution is 2.14. The number of allylic oxidation sites excluding steroid dienone is 30. The van der Waals surface area contributed by atoms with Crippen LogP contribution in [-0.2, 0) is 33.3 Å². The second kappa shape index (κ2) is 68.3. The quantitative estimate of drug-likeness (QED) is 0.0211. The van der Waals surface area contributed by atoms with Crippen molar-refractivity contribution in [1.82, 2.24) is 0 Å². The smallest absolute Gasteiger partial charge is 0.361 e. The Morgan fingerprint density at radius 3 is 0.978 bits per heavy atom. The van der Waals surface area contributed by atoms with Crippen molar-refractivity contribution in [2.75, 3.05) is 47.5 Å². The van der Waals surface area contributed by atoms with Crippen molar-refractivity contribution >= 4 is 17.9 Å². The molecule has 9 nitrogen and oxygen atoms in total. The molecule has 2 atom stereocenters. The van der Waals surface area contributed by atoms with E-state index in [2.05, 4.69) is 196 Å². The first-order chi connectivity index (χ1) is 43.6. The van der Waals surface area contributed by atoms with Gasteiger partial charge in [-0.1, -0.05) is 273 Å². The van der Waals surface area contributed by atoms with Crippen molar-refractivity contribution in [1.29, 1.82) is 0 Å². The number of aliphatic carboxylic acids is 1. The average molecular weight is 1230 g/mol. The van der Waals surface area contributed by atoms with E-state index in [1.165, 1.54) is 77.0 Å². The normalized spacial score (nSPS) is 13.9. The van der Waals surface area contributed by atoms with Gasteiger partial charge in [0.1, 0.15) is 13.2 Å². The molecule has 0 fully saturated rings. The van der Waals surface area contributed by atoms with Gasteiger partial charge >= 0.3 is 17.9 Å². The molecule has 2 unspecified atom stereocenters. The zero-order chi connectivity index (χ0) is 64.7. The van der Waals surface area contributed by atoms with Crippen molar-refractivity contribution in [2.45, 2.75) is 257 Å². The zero-order valence-electron chi connectivity index (χ0n) is 57.0. The molecule has 0 rings (SSSR count). The van der Waals surface area contributed by atoms with Gasteiger partial charge in [0.15, 0.2) is 6.10 Å². The first-order valence-electron chi connectivity index (χ1n) is 34.9. The molecule has 89 heavy (non-hydrogen) atoms. The Morgan fingerprint density at radius 1 is 0.348 bits per heavy atom. The number of hydrogen-bond donors (Lipinski definition) is 1. The SMILES string of the molecule is CC/C=C\C/C=C\C/C=C\C/C=C\C/C=C\C/C=C\C/C=C\C/C=C\C/C=C\C/C=C\C/C=C\C/C=C\CCCCC(=O)OC(COC(=O)CCCCCCCCCCCC/C=C\C/C=C\C/C=C\CCCCCCC)COC(OCC[N+](C)(C)C)C(=O)O. The van der Waals surface area contributed by atoms with Crippen LogP contribution in [0.5, 0.6) is 0 Å². The predicted molar refractivity (Wildman–Crippen MR) is 382 cm³/mol. The van der Waals surface area contributed by atoms with Crippen molar-refractivity contribution in [3.63, 3.8) is 0 Å². The molecule has 0 saturated carbocycles. The van der Waals surface area contributed by atoms with E-state index >= 15 is 0 Å². The van der Waals surface area contributed by atoms with Gasteiger partial charge in [-0.05, 0) is 141 Å². The Hall–Kier alpha value is -5.61. The minimum Gasteiger partial charge on any atom is -0.477 e. The number of hydrogen-bond acceptors (Lipinski definition) is 7. The van der Waals surface area contributed by atoms with Crippen LogP contribution in [0, 0.1) is 0 Å². The van der Waals surface area contributed by atoms with Gasteiger partial charge in [-0.2, -0.15) is 0 Å². The second-order valence-electron chi connectivity index (χ2n) is 23.7. The summed E-state index contributed by atoms with van der Waals surface area (Å²) in [4.78, 5) is 37.6. The van der Waals surface area contributed by atoms with E-state index in [1.807, 2.05) is 21.1 Å². The summed E-state index contributed by atoms with van der Waals surface area (Å²) in [5.41, 5.74) is 0. The maximum Gasteiger partial charge on any atom is 0.361 e. The number of unbranched alkanes of at least 4 members (excludes halogenated alkanes) is 17. The molecule has 9 heteroatoms. The van der Waals surface area contributed by atoms with Gasteiger partial charge in [0.25, 0.3) is 6.29 Å². The van der Waals surface area contributed by atoms with E-state index in [4.69, 9.17) is 18.9 Å². The van der Waals surface area contributed by atoms with Gasteiger partial charge in [0, 0.05) is 12.8 Å².